The summed E-state index contributed by atoms with van der Waals surface area (Å²) in [5, 5.41) is 9.32. The summed E-state index contributed by atoms with van der Waals surface area (Å²) in [6.45, 7) is 8.95. The Kier molecular flexibility index (Phi) is 6.05. The van der Waals surface area contributed by atoms with Crippen LogP contribution in [-0.4, -0.2) is 17.7 Å². The first-order chi connectivity index (χ1) is 9.36. The second-order valence-corrected chi connectivity index (χ2v) is 6.18. The van der Waals surface area contributed by atoms with Crippen molar-refractivity contribution >= 4 is 5.97 Å². The van der Waals surface area contributed by atoms with Gasteiger partial charge in [-0.2, -0.15) is 0 Å². The van der Waals surface area contributed by atoms with E-state index in [1.807, 2.05) is 6.07 Å². The molecule has 0 saturated carbocycles. The van der Waals surface area contributed by atoms with E-state index in [1.54, 1.807) is 12.1 Å². The molecule has 1 N–H and O–H groups in total. The normalized spacial score (nSPS) is 11.4. The molecule has 3 heteroatoms. The first-order valence-corrected chi connectivity index (χ1v) is 7.37. The summed E-state index contributed by atoms with van der Waals surface area (Å²) < 4.78 is 5.63. The second-order valence-electron chi connectivity index (χ2n) is 6.18. The first-order valence-electron chi connectivity index (χ1n) is 7.37. The van der Waals surface area contributed by atoms with E-state index in [-0.39, 0.29) is 11.0 Å². The van der Waals surface area contributed by atoms with Gasteiger partial charge in [0.05, 0.1) is 6.61 Å². The fourth-order valence-electron chi connectivity index (χ4n) is 2.00. The molecule has 0 spiro atoms. The van der Waals surface area contributed by atoms with Crippen molar-refractivity contribution in [3.63, 3.8) is 0 Å². The molecule has 1 aromatic rings. The summed E-state index contributed by atoms with van der Waals surface area (Å²) in [5.41, 5.74) is 1.20. The van der Waals surface area contributed by atoms with Crippen molar-refractivity contribution in [2.75, 3.05) is 6.61 Å². The zero-order valence-electron chi connectivity index (χ0n) is 13.0. The molecular formula is C17H26O3. The third kappa shape index (κ3) is 4.87. The smallest absolute Gasteiger partial charge is 0.339 e. The molecule has 0 radical (unpaired) electrons. The number of carboxylic acid groups (broad SMARTS) is 1. The Morgan fingerprint density at radius 2 is 1.90 bits per heavy atom. The number of aromatic carboxylic acids is 1. The fourth-order valence-corrected chi connectivity index (χ4v) is 2.00. The van der Waals surface area contributed by atoms with Gasteiger partial charge >= 0.3 is 5.97 Å². The van der Waals surface area contributed by atoms with Crippen molar-refractivity contribution in [3.8, 4) is 5.75 Å². The van der Waals surface area contributed by atoms with E-state index < -0.39 is 5.97 Å². The molecule has 0 amide bonds. The molecule has 20 heavy (non-hydrogen) atoms. The summed E-state index contributed by atoms with van der Waals surface area (Å²) in [5.74, 6) is -0.457. The third-order valence-corrected chi connectivity index (χ3v) is 3.33. The number of carboxylic acids is 1. The van der Waals surface area contributed by atoms with Gasteiger partial charge in [-0.15, -0.1) is 0 Å². The van der Waals surface area contributed by atoms with Gasteiger partial charge < -0.3 is 9.84 Å². The number of benzene rings is 1. The highest BCUT2D eigenvalue weighted by Crippen LogP contribution is 2.28. The minimum Gasteiger partial charge on any atom is -0.493 e. The summed E-state index contributed by atoms with van der Waals surface area (Å²) in [4.78, 5) is 11.4. The van der Waals surface area contributed by atoms with E-state index in [0.717, 1.165) is 18.4 Å². The maximum absolute atomic E-state index is 11.4. The Labute approximate surface area is 122 Å². The monoisotopic (exact) mass is 278 g/mol. The second kappa shape index (κ2) is 7.32. The first kappa shape index (κ1) is 16.5. The third-order valence-electron chi connectivity index (χ3n) is 3.33. The van der Waals surface area contributed by atoms with Crippen LogP contribution in [0.1, 0.15) is 69.3 Å². The van der Waals surface area contributed by atoms with E-state index >= 15 is 0 Å². The Morgan fingerprint density at radius 1 is 1.20 bits per heavy atom. The topological polar surface area (TPSA) is 46.5 Å². The Morgan fingerprint density at radius 3 is 2.45 bits per heavy atom. The average Bonchev–Trinajstić information content (AvgIpc) is 2.37. The predicted molar refractivity (Wildman–Crippen MR) is 81.7 cm³/mol. The number of carbonyl (C=O) groups is 1. The van der Waals surface area contributed by atoms with Gasteiger partial charge in [0.25, 0.3) is 0 Å². The molecule has 0 aliphatic rings. The SMILES string of the molecule is CCCCCCOc1ccc(C(C)(C)C)cc1C(=O)O. The van der Waals surface area contributed by atoms with Crippen molar-refractivity contribution in [1.29, 1.82) is 0 Å². The zero-order valence-corrected chi connectivity index (χ0v) is 13.0. The van der Waals surface area contributed by atoms with Crippen LogP contribution in [0.4, 0.5) is 0 Å². The maximum Gasteiger partial charge on any atom is 0.339 e. The van der Waals surface area contributed by atoms with Gasteiger partial charge in [0.15, 0.2) is 0 Å². The van der Waals surface area contributed by atoms with Gasteiger partial charge in [0.2, 0.25) is 0 Å². The van der Waals surface area contributed by atoms with E-state index in [0.29, 0.717) is 12.4 Å². The van der Waals surface area contributed by atoms with Crippen molar-refractivity contribution in [1.82, 2.24) is 0 Å². The van der Waals surface area contributed by atoms with Crippen LogP contribution < -0.4 is 4.74 Å². The standard InChI is InChI=1S/C17H26O3/c1-5-6-7-8-11-20-15-10-9-13(17(2,3)4)12-14(15)16(18)19/h9-10,12H,5-8,11H2,1-4H3,(H,18,19). The molecule has 0 atom stereocenters. The number of rotatable bonds is 7. The molecule has 1 aromatic carbocycles. The lowest BCUT2D eigenvalue weighted by molar-refractivity contribution is 0.0692. The van der Waals surface area contributed by atoms with Crippen LogP contribution in [0, 0.1) is 0 Å². The molecule has 0 unspecified atom stereocenters. The molecule has 0 aromatic heterocycles. The molecule has 0 saturated heterocycles. The van der Waals surface area contributed by atoms with Crippen LogP contribution in [0.25, 0.3) is 0 Å². The lowest BCUT2D eigenvalue weighted by Crippen LogP contribution is -2.13. The summed E-state index contributed by atoms with van der Waals surface area (Å²) in [7, 11) is 0. The lowest BCUT2D eigenvalue weighted by atomic mass is 9.86. The van der Waals surface area contributed by atoms with E-state index in [4.69, 9.17) is 4.74 Å². The van der Waals surface area contributed by atoms with Crippen LogP contribution in [-0.2, 0) is 5.41 Å². The summed E-state index contributed by atoms with van der Waals surface area (Å²) in [6, 6.07) is 5.46. The summed E-state index contributed by atoms with van der Waals surface area (Å²) >= 11 is 0. The fraction of sp³-hybridized carbons (Fsp3) is 0.588. The van der Waals surface area contributed by atoms with Gasteiger partial charge in [-0.05, 0) is 29.5 Å². The zero-order chi connectivity index (χ0) is 15.2. The van der Waals surface area contributed by atoms with Crippen molar-refractivity contribution in [3.05, 3.63) is 29.3 Å². The molecule has 0 heterocycles. The quantitative estimate of drug-likeness (QED) is 0.739. The van der Waals surface area contributed by atoms with Crippen LogP contribution in [0.5, 0.6) is 5.75 Å². The Balaban J connectivity index is 2.78. The summed E-state index contributed by atoms with van der Waals surface area (Å²) in [6.07, 6.45) is 4.46. The minimum atomic E-state index is -0.931. The van der Waals surface area contributed by atoms with E-state index in [9.17, 15) is 9.90 Å². The van der Waals surface area contributed by atoms with Gasteiger partial charge in [0, 0.05) is 0 Å². The number of ether oxygens (including phenoxy) is 1. The van der Waals surface area contributed by atoms with Crippen molar-refractivity contribution < 1.29 is 14.6 Å². The molecule has 0 bridgehead atoms. The minimum absolute atomic E-state index is 0.0656. The molecular weight excluding hydrogens is 252 g/mol. The molecule has 112 valence electrons. The van der Waals surface area contributed by atoms with Crippen LogP contribution in [0.15, 0.2) is 18.2 Å². The number of hydrogen-bond donors (Lipinski definition) is 1. The van der Waals surface area contributed by atoms with Gasteiger partial charge in [0.1, 0.15) is 11.3 Å². The maximum atomic E-state index is 11.4. The van der Waals surface area contributed by atoms with Crippen LogP contribution in [0.2, 0.25) is 0 Å². The highest BCUT2D eigenvalue weighted by atomic mass is 16.5. The van der Waals surface area contributed by atoms with E-state index in [2.05, 4.69) is 27.7 Å². The Bertz CT molecular complexity index is 444. The Hall–Kier alpha value is -1.51. The highest BCUT2D eigenvalue weighted by Gasteiger charge is 2.19. The highest BCUT2D eigenvalue weighted by molar-refractivity contribution is 5.91. The lowest BCUT2D eigenvalue weighted by Gasteiger charge is -2.20. The van der Waals surface area contributed by atoms with Gasteiger partial charge in [-0.25, -0.2) is 4.79 Å². The van der Waals surface area contributed by atoms with E-state index in [1.165, 1.54) is 12.8 Å². The molecule has 1 rings (SSSR count). The molecule has 0 aliphatic heterocycles. The molecule has 3 nitrogen and oxygen atoms in total. The largest absolute Gasteiger partial charge is 0.493 e. The number of hydrogen-bond acceptors (Lipinski definition) is 2. The average molecular weight is 278 g/mol. The number of unbranched alkanes of at least 4 members (excludes halogenated alkanes) is 3. The van der Waals surface area contributed by atoms with Gasteiger partial charge in [-0.1, -0.05) is 53.0 Å². The van der Waals surface area contributed by atoms with Gasteiger partial charge in [-0.3, -0.25) is 0 Å². The van der Waals surface area contributed by atoms with Crippen LogP contribution in [0.3, 0.4) is 0 Å². The molecule has 0 fully saturated rings. The van der Waals surface area contributed by atoms with Crippen molar-refractivity contribution in [2.45, 2.75) is 58.8 Å². The molecule has 0 aliphatic carbocycles. The van der Waals surface area contributed by atoms with Crippen molar-refractivity contribution in [2.24, 2.45) is 0 Å². The van der Waals surface area contributed by atoms with Crippen LogP contribution >= 0.6 is 0 Å². The predicted octanol–water partition coefficient (Wildman–Crippen LogP) is 4.64.